The van der Waals surface area contributed by atoms with Crippen LogP contribution < -0.4 is 25.8 Å². The van der Waals surface area contributed by atoms with Crippen LogP contribution in [-0.2, 0) is 22.1 Å². The van der Waals surface area contributed by atoms with Crippen LogP contribution >= 0.6 is 0 Å². The lowest BCUT2D eigenvalue weighted by Crippen LogP contribution is -2.53. The first kappa shape index (κ1) is 35.2. The number of nitrogens with zero attached hydrogens (tertiary/aromatic N) is 2. The quantitative estimate of drug-likeness (QED) is 0.255. The molecule has 4 N–H and O–H groups in total. The van der Waals surface area contributed by atoms with Crippen LogP contribution in [-0.4, -0.2) is 71.8 Å². The van der Waals surface area contributed by atoms with Crippen LogP contribution in [0.1, 0.15) is 41.3 Å². The maximum Gasteiger partial charge on any atom is 0.573 e. The molecule has 0 aromatic heterocycles. The van der Waals surface area contributed by atoms with E-state index < -0.39 is 108 Å². The predicted molar refractivity (Wildman–Crippen MR) is 145 cm³/mol. The largest absolute Gasteiger partial charge is 0.573 e. The third-order valence-corrected chi connectivity index (χ3v) is 7.43. The van der Waals surface area contributed by atoms with Gasteiger partial charge in [0, 0.05) is 24.9 Å². The summed E-state index contributed by atoms with van der Waals surface area (Å²) in [4.78, 5) is 52.2. The molecule has 47 heavy (non-hydrogen) atoms. The van der Waals surface area contributed by atoms with E-state index in [0.717, 1.165) is 24.3 Å². The van der Waals surface area contributed by atoms with E-state index in [9.17, 15) is 41.1 Å². The van der Waals surface area contributed by atoms with Crippen LogP contribution in [0.4, 0.5) is 45.6 Å². The normalized spacial score (nSPS) is 20.9. The molecule has 2 aromatic carbocycles. The topological polar surface area (TPSA) is 140 Å². The third kappa shape index (κ3) is 8.57. The van der Waals surface area contributed by atoms with Gasteiger partial charge in [0.1, 0.15) is 17.6 Å². The van der Waals surface area contributed by atoms with E-state index in [1.165, 1.54) is 4.90 Å². The molecule has 2 aromatic rings. The van der Waals surface area contributed by atoms with Crippen molar-refractivity contribution >= 4 is 29.5 Å². The Hall–Kier alpha value is -4.68. The average Bonchev–Trinajstić information content (AvgIpc) is 3.02. The molecule has 4 amide bonds. The van der Waals surface area contributed by atoms with Gasteiger partial charge in [-0.25, -0.2) is 26.7 Å². The molecule has 0 radical (unpaired) electrons. The van der Waals surface area contributed by atoms with Crippen LogP contribution in [0.15, 0.2) is 36.4 Å². The van der Waals surface area contributed by atoms with Gasteiger partial charge in [-0.15, -0.1) is 13.2 Å². The molecule has 11 nitrogen and oxygen atoms in total. The van der Waals surface area contributed by atoms with E-state index >= 15 is 13.2 Å². The number of ether oxygens (including phenoxy) is 1. The van der Waals surface area contributed by atoms with Crippen molar-refractivity contribution in [3.63, 3.8) is 0 Å². The Morgan fingerprint density at radius 1 is 1.04 bits per heavy atom. The van der Waals surface area contributed by atoms with E-state index in [4.69, 9.17) is 5.11 Å². The van der Waals surface area contributed by atoms with Gasteiger partial charge in [0.25, 0.3) is 17.8 Å². The number of fused-ring (bicyclic) bond motifs is 1. The molecule has 2 atom stereocenters. The predicted octanol–water partition coefficient (Wildman–Crippen LogP) is 4.13. The number of nitrogens with one attached hydrogen (secondary N) is 3. The summed E-state index contributed by atoms with van der Waals surface area (Å²) in [6, 6.07) is 2.55. The first-order valence-electron chi connectivity index (χ1n) is 13.9. The summed E-state index contributed by atoms with van der Waals surface area (Å²) in [6.45, 7) is 0.504. The number of rotatable bonds is 7. The summed E-state index contributed by atoms with van der Waals surface area (Å²) in [5.74, 6) is -14.4. The minimum absolute atomic E-state index is 0.0334. The monoisotopic (exact) mass is 681 g/mol. The van der Waals surface area contributed by atoms with Crippen molar-refractivity contribution in [2.75, 3.05) is 24.5 Å². The number of likely N-dealkylation sites (tertiary alicyclic amines) is 1. The maximum atomic E-state index is 15.4. The molecular formula is C28H27F8N5O6. The zero-order valence-electron chi connectivity index (χ0n) is 24.3. The number of hydrogen-bond acceptors (Lipinski definition) is 6. The third-order valence-electron chi connectivity index (χ3n) is 7.43. The Balaban J connectivity index is 1.65. The van der Waals surface area contributed by atoms with Crippen molar-refractivity contribution in [2.24, 2.45) is 5.92 Å². The lowest BCUT2D eigenvalue weighted by Gasteiger charge is -2.36. The van der Waals surface area contributed by atoms with Gasteiger partial charge >= 0.3 is 12.5 Å². The smallest absolute Gasteiger partial charge is 0.465 e. The Kier molecular flexibility index (Phi) is 9.88. The zero-order valence-corrected chi connectivity index (χ0v) is 24.3. The average molecular weight is 682 g/mol. The lowest BCUT2D eigenvalue weighted by molar-refractivity contribution is -0.274. The maximum absolute atomic E-state index is 15.4. The van der Waals surface area contributed by atoms with Crippen molar-refractivity contribution in [2.45, 2.75) is 50.6 Å². The minimum Gasteiger partial charge on any atom is -0.465 e. The highest BCUT2D eigenvalue weighted by Crippen LogP contribution is 2.44. The molecule has 19 heteroatoms. The molecule has 256 valence electrons. The van der Waals surface area contributed by atoms with Gasteiger partial charge in [0.05, 0.1) is 30.3 Å². The first-order valence-corrected chi connectivity index (χ1v) is 13.9. The molecule has 2 heterocycles. The van der Waals surface area contributed by atoms with E-state index in [0.29, 0.717) is 11.0 Å². The number of carbonyl (C=O) groups is 4. The Bertz CT molecular complexity index is 1540. The van der Waals surface area contributed by atoms with Gasteiger partial charge in [0.2, 0.25) is 11.8 Å². The van der Waals surface area contributed by atoms with Crippen molar-refractivity contribution in [1.82, 2.24) is 21.1 Å². The van der Waals surface area contributed by atoms with Crippen LogP contribution in [0.25, 0.3) is 0 Å². The summed E-state index contributed by atoms with van der Waals surface area (Å²) in [6.07, 6.45) is -9.17. The van der Waals surface area contributed by atoms with Gasteiger partial charge in [0.15, 0.2) is 0 Å². The SMILES string of the molecule is CCN1CC(C(=O)NNC(=O)c2cc3c(cc2F)C(F)(F)CC(NC(=O)O)C(=O)N3Cc2ccc(OC(F)(F)F)cc2)CC(F)(F)C1. The number of alkyl halides is 7. The Labute approximate surface area is 260 Å². The fraction of sp³-hybridized carbons (Fsp3) is 0.429. The van der Waals surface area contributed by atoms with E-state index in [1.807, 2.05) is 10.9 Å². The molecule has 2 unspecified atom stereocenters. The second kappa shape index (κ2) is 13.2. The highest BCUT2D eigenvalue weighted by molar-refractivity contribution is 6.02. The van der Waals surface area contributed by atoms with Gasteiger partial charge in [-0.3, -0.25) is 30.1 Å². The van der Waals surface area contributed by atoms with E-state index in [-0.39, 0.29) is 24.7 Å². The van der Waals surface area contributed by atoms with Crippen LogP contribution in [0.2, 0.25) is 0 Å². The lowest BCUT2D eigenvalue weighted by atomic mass is 9.94. The van der Waals surface area contributed by atoms with Gasteiger partial charge in [-0.2, -0.15) is 0 Å². The molecule has 2 aliphatic heterocycles. The minimum atomic E-state index is -5.03. The molecule has 2 aliphatic rings. The summed E-state index contributed by atoms with van der Waals surface area (Å²) >= 11 is 0. The Morgan fingerprint density at radius 3 is 2.30 bits per heavy atom. The highest BCUT2D eigenvalue weighted by atomic mass is 19.4. The van der Waals surface area contributed by atoms with Crippen molar-refractivity contribution < 1.29 is 64.1 Å². The standard InChI is InChI=1S/C28H27F8N5O6/c1-2-40-12-15(9-26(30,31)13-40)22(42)38-39-23(43)17-7-21-18(8-19(17)29)27(32,33)10-20(37-25(45)46)24(44)41(21)11-14-3-5-16(6-4-14)47-28(34,35)36/h3-8,15,20,37H,2,9-13H2,1H3,(H,38,42)(H,39,43)(H,45,46). The number of benzene rings is 2. The van der Waals surface area contributed by atoms with Crippen molar-refractivity contribution in [3.8, 4) is 5.75 Å². The first-order chi connectivity index (χ1) is 21.8. The summed E-state index contributed by atoms with van der Waals surface area (Å²) in [7, 11) is 0. The van der Waals surface area contributed by atoms with Crippen LogP contribution in [0, 0.1) is 11.7 Å². The number of hydrazine groups is 1. The van der Waals surface area contributed by atoms with E-state index in [2.05, 4.69) is 4.74 Å². The molecule has 1 saturated heterocycles. The van der Waals surface area contributed by atoms with Crippen LogP contribution in [0.5, 0.6) is 5.75 Å². The van der Waals surface area contributed by atoms with Crippen molar-refractivity contribution in [3.05, 3.63) is 58.9 Å². The number of amides is 4. The number of carbonyl (C=O) groups excluding carboxylic acids is 3. The molecule has 0 spiro atoms. The number of halogens is 8. The number of hydrogen-bond donors (Lipinski definition) is 4. The highest BCUT2D eigenvalue weighted by Gasteiger charge is 2.47. The fourth-order valence-corrected chi connectivity index (χ4v) is 5.31. The van der Waals surface area contributed by atoms with Crippen LogP contribution in [0.3, 0.4) is 0 Å². The zero-order chi connectivity index (χ0) is 34.9. The van der Waals surface area contributed by atoms with Crippen molar-refractivity contribution in [1.29, 1.82) is 0 Å². The number of carboxylic acid groups (broad SMARTS) is 1. The van der Waals surface area contributed by atoms with Gasteiger partial charge < -0.3 is 20.1 Å². The number of piperidine rings is 1. The fourth-order valence-electron chi connectivity index (χ4n) is 5.31. The Morgan fingerprint density at radius 2 is 1.70 bits per heavy atom. The molecule has 4 rings (SSSR count). The van der Waals surface area contributed by atoms with Gasteiger partial charge in [-0.1, -0.05) is 19.1 Å². The molecular weight excluding hydrogens is 654 g/mol. The summed E-state index contributed by atoms with van der Waals surface area (Å²) < 4.78 is 116. The summed E-state index contributed by atoms with van der Waals surface area (Å²) in [5.41, 5.74) is 0.945. The molecule has 0 saturated carbocycles. The van der Waals surface area contributed by atoms with Gasteiger partial charge in [-0.05, 0) is 36.4 Å². The molecule has 1 fully saturated rings. The second-order valence-electron chi connectivity index (χ2n) is 10.9. The second-order valence-corrected chi connectivity index (χ2v) is 10.9. The molecule has 0 aliphatic carbocycles. The molecule has 0 bridgehead atoms. The number of anilines is 1. The summed E-state index contributed by atoms with van der Waals surface area (Å²) in [5, 5.41) is 10.8. The van der Waals surface area contributed by atoms with E-state index in [1.54, 1.807) is 12.2 Å².